The van der Waals surface area contributed by atoms with E-state index in [0.717, 1.165) is 0 Å². The number of benzene rings is 1. The van der Waals surface area contributed by atoms with Crippen LogP contribution in [0.15, 0.2) is 24.8 Å². The van der Waals surface area contributed by atoms with Crippen LogP contribution in [0.5, 0.6) is 0 Å². The lowest BCUT2D eigenvalue weighted by Crippen LogP contribution is -2.24. The molecular weight excluding hydrogens is 252 g/mol. The van der Waals surface area contributed by atoms with Crippen LogP contribution in [0.2, 0.25) is 5.02 Å². The van der Waals surface area contributed by atoms with Crippen molar-refractivity contribution in [1.82, 2.24) is 0 Å². The van der Waals surface area contributed by atoms with Gasteiger partial charge in [-0.25, -0.2) is 4.79 Å². The van der Waals surface area contributed by atoms with E-state index in [2.05, 4.69) is 6.58 Å². The molecule has 1 aromatic carbocycles. The Morgan fingerprint density at radius 3 is 2.50 bits per heavy atom. The normalized spacial score (nSPS) is 10.9. The van der Waals surface area contributed by atoms with E-state index in [4.69, 9.17) is 16.3 Å². The molecule has 0 aromatic heterocycles. The molecule has 4 heteroatoms. The van der Waals surface area contributed by atoms with Crippen molar-refractivity contribution in [1.29, 1.82) is 0 Å². The standard InChI is InChI=1S/C14H15ClO3/c1-9(13(17)18-14(2,3)4)12-6-5-11(15)7-10(12)8-16/h5-8H,1H2,2-4H3. The minimum absolute atomic E-state index is 0.142. The van der Waals surface area contributed by atoms with Gasteiger partial charge in [0.15, 0.2) is 6.29 Å². The van der Waals surface area contributed by atoms with Gasteiger partial charge in [-0.1, -0.05) is 24.2 Å². The van der Waals surface area contributed by atoms with E-state index in [9.17, 15) is 9.59 Å². The van der Waals surface area contributed by atoms with Gasteiger partial charge in [-0.15, -0.1) is 0 Å². The fraction of sp³-hybridized carbons (Fsp3) is 0.286. The first-order valence-corrected chi connectivity index (χ1v) is 5.80. The van der Waals surface area contributed by atoms with Crippen LogP contribution in [-0.4, -0.2) is 17.9 Å². The molecule has 0 bridgehead atoms. The van der Waals surface area contributed by atoms with Crippen molar-refractivity contribution in [3.05, 3.63) is 40.9 Å². The highest BCUT2D eigenvalue weighted by molar-refractivity contribution is 6.31. The van der Waals surface area contributed by atoms with Gasteiger partial charge in [-0.3, -0.25) is 4.79 Å². The molecule has 1 aromatic rings. The zero-order valence-corrected chi connectivity index (χ0v) is 11.4. The molecule has 3 nitrogen and oxygen atoms in total. The first-order chi connectivity index (χ1) is 8.24. The van der Waals surface area contributed by atoms with E-state index < -0.39 is 11.6 Å². The Hall–Kier alpha value is -1.61. The highest BCUT2D eigenvalue weighted by Gasteiger charge is 2.21. The predicted octanol–water partition coefficient (Wildman–Crippen LogP) is 3.51. The summed E-state index contributed by atoms with van der Waals surface area (Å²) in [5, 5.41) is 0.429. The lowest BCUT2D eigenvalue weighted by atomic mass is 10.0. The van der Waals surface area contributed by atoms with Gasteiger partial charge in [0.2, 0.25) is 0 Å². The quantitative estimate of drug-likeness (QED) is 0.478. The largest absolute Gasteiger partial charge is 0.456 e. The number of hydrogen-bond donors (Lipinski definition) is 0. The SMILES string of the molecule is C=C(C(=O)OC(C)(C)C)c1ccc(Cl)cc1C=O. The molecule has 0 aliphatic heterocycles. The zero-order valence-electron chi connectivity index (χ0n) is 10.6. The van der Waals surface area contributed by atoms with E-state index >= 15 is 0 Å². The molecule has 0 unspecified atom stereocenters. The Bertz CT molecular complexity index is 498. The molecule has 0 atom stereocenters. The fourth-order valence-corrected chi connectivity index (χ4v) is 1.54. The minimum atomic E-state index is -0.603. The van der Waals surface area contributed by atoms with Crippen LogP contribution in [0.3, 0.4) is 0 Å². The Labute approximate surface area is 111 Å². The molecule has 96 valence electrons. The summed E-state index contributed by atoms with van der Waals surface area (Å²) in [4.78, 5) is 22.8. The zero-order chi connectivity index (χ0) is 13.9. The third-order valence-electron chi connectivity index (χ3n) is 2.11. The van der Waals surface area contributed by atoms with Crippen molar-refractivity contribution in [3.8, 4) is 0 Å². The van der Waals surface area contributed by atoms with Gasteiger partial charge in [0.05, 0.1) is 5.57 Å². The van der Waals surface area contributed by atoms with E-state index in [-0.39, 0.29) is 5.57 Å². The average Bonchev–Trinajstić information content (AvgIpc) is 2.25. The molecule has 0 aliphatic rings. The van der Waals surface area contributed by atoms with Crippen LogP contribution in [-0.2, 0) is 9.53 Å². The first-order valence-electron chi connectivity index (χ1n) is 5.42. The summed E-state index contributed by atoms with van der Waals surface area (Å²) in [5.74, 6) is -0.548. The smallest absolute Gasteiger partial charge is 0.338 e. The van der Waals surface area contributed by atoms with E-state index in [1.165, 1.54) is 6.07 Å². The molecule has 0 saturated heterocycles. The molecule has 18 heavy (non-hydrogen) atoms. The maximum Gasteiger partial charge on any atom is 0.338 e. The third-order valence-corrected chi connectivity index (χ3v) is 2.35. The lowest BCUT2D eigenvalue weighted by Gasteiger charge is -2.20. The number of esters is 1. The Balaban J connectivity index is 3.04. The highest BCUT2D eigenvalue weighted by Crippen LogP contribution is 2.23. The van der Waals surface area contributed by atoms with Crippen LogP contribution >= 0.6 is 11.6 Å². The van der Waals surface area contributed by atoms with Crippen LogP contribution in [0.4, 0.5) is 0 Å². The monoisotopic (exact) mass is 266 g/mol. The summed E-state index contributed by atoms with van der Waals surface area (Å²) in [6, 6.07) is 4.66. The third kappa shape index (κ3) is 3.70. The number of aldehydes is 1. The topological polar surface area (TPSA) is 43.4 Å². The second kappa shape index (κ2) is 5.36. The van der Waals surface area contributed by atoms with Crippen LogP contribution in [0, 0.1) is 0 Å². The van der Waals surface area contributed by atoms with Gasteiger partial charge in [0.1, 0.15) is 5.60 Å². The van der Waals surface area contributed by atoms with Gasteiger partial charge >= 0.3 is 5.97 Å². The van der Waals surface area contributed by atoms with Crippen molar-refractivity contribution in [2.24, 2.45) is 0 Å². The maximum absolute atomic E-state index is 11.8. The molecule has 0 amide bonds. The van der Waals surface area contributed by atoms with Crippen LogP contribution in [0.1, 0.15) is 36.7 Å². The molecule has 1 rings (SSSR count). The van der Waals surface area contributed by atoms with Gasteiger partial charge in [0.25, 0.3) is 0 Å². The molecule has 0 aliphatic carbocycles. The Morgan fingerprint density at radius 1 is 1.39 bits per heavy atom. The summed E-state index contributed by atoms with van der Waals surface area (Å²) in [6.07, 6.45) is 0.636. The Morgan fingerprint density at radius 2 is 2.00 bits per heavy atom. The lowest BCUT2D eigenvalue weighted by molar-refractivity contribution is -0.147. The maximum atomic E-state index is 11.8. The predicted molar refractivity (Wildman–Crippen MR) is 71.7 cm³/mol. The number of halogens is 1. The minimum Gasteiger partial charge on any atom is -0.456 e. The summed E-state index contributed by atoms with van der Waals surface area (Å²) >= 11 is 5.78. The second-order valence-corrected chi connectivity index (χ2v) is 5.27. The molecular formula is C14H15ClO3. The highest BCUT2D eigenvalue weighted by atomic mass is 35.5. The van der Waals surface area contributed by atoms with Crippen molar-refractivity contribution in [3.63, 3.8) is 0 Å². The molecule has 0 heterocycles. The molecule has 0 saturated carbocycles. The number of carbonyl (C=O) groups excluding carboxylic acids is 2. The summed E-state index contributed by atoms with van der Waals surface area (Å²) in [7, 11) is 0. The van der Waals surface area contributed by atoms with E-state index in [1.54, 1.807) is 32.9 Å². The number of hydrogen-bond acceptors (Lipinski definition) is 3. The molecule has 0 N–H and O–H groups in total. The summed E-state index contributed by atoms with van der Waals surface area (Å²) in [5.41, 5.74) is 0.291. The average molecular weight is 267 g/mol. The van der Waals surface area contributed by atoms with Gasteiger partial charge in [-0.05, 0) is 38.5 Å². The summed E-state index contributed by atoms with van der Waals surface area (Å²) < 4.78 is 5.20. The van der Waals surface area contributed by atoms with Gasteiger partial charge < -0.3 is 4.74 Å². The number of ether oxygens (including phenoxy) is 1. The summed E-state index contributed by atoms with van der Waals surface area (Å²) in [6.45, 7) is 8.96. The van der Waals surface area contributed by atoms with Gasteiger partial charge in [-0.2, -0.15) is 0 Å². The van der Waals surface area contributed by atoms with Crippen molar-refractivity contribution in [2.45, 2.75) is 26.4 Å². The molecule has 0 spiro atoms. The van der Waals surface area contributed by atoms with Crippen LogP contribution in [0.25, 0.3) is 5.57 Å². The fourth-order valence-electron chi connectivity index (χ4n) is 1.36. The van der Waals surface area contributed by atoms with Crippen molar-refractivity contribution >= 4 is 29.4 Å². The molecule has 0 radical (unpaired) electrons. The van der Waals surface area contributed by atoms with Crippen LogP contribution < -0.4 is 0 Å². The van der Waals surface area contributed by atoms with Gasteiger partial charge in [0, 0.05) is 10.6 Å². The number of carbonyl (C=O) groups is 2. The van der Waals surface area contributed by atoms with E-state index in [1.807, 2.05) is 0 Å². The first kappa shape index (κ1) is 14.5. The Kier molecular flexibility index (Phi) is 4.30. The van der Waals surface area contributed by atoms with Crippen molar-refractivity contribution < 1.29 is 14.3 Å². The second-order valence-electron chi connectivity index (χ2n) is 4.83. The number of rotatable bonds is 3. The van der Waals surface area contributed by atoms with E-state index in [0.29, 0.717) is 22.4 Å². The molecule has 0 fully saturated rings. The van der Waals surface area contributed by atoms with Crippen molar-refractivity contribution in [2.75, 3.05) is 0 Å².